The van der Waals surface area contributed by atoms with Crippen molar-refractivity contribution in [1.29, 1.82) is 0 Å². The van der Waals surface area contributed by atoms with Gasteiger partial charge >= 0.3 is 0 Å². The van der Waals surface area contributed by atoms with Gasteiger partial charge in [-0.2, -0.15) is 0 Å². The van der Waals surface area contributed by atoms with Crippen LogP contribution in [0.5, 0.6) is 0 Å². The summed E-state index contributed by atoms with van der Waals surface area (Å²) in [7, 11) is -3.16. The van der Waals surface area contributed by atoms with E-state index < -0.39 is 10.0 Å². The fourth-order valence-corrected chi connectivity index (χ4v) is 4.31. The Labute approximate surface area is 169 Å². The van der Waals surface area contributed by atoms with E-state index in [4.69, 9.17) is 5.73 Å². The maximum absolute atomic E-state index is 12.4. The van der Waals surface area contributed by atoms with Gasteiger partial charge in [-0.1, -0.05) is 38.1 Å². The molecule has 0 aliphatic carbocycles. The molecule has 154 valence electrons. The highest BCUT2D eigenvalue weighted by atomic mass is 35.5. The van der Waals surface area contributed by atoms with E-state index in [1.807, 2.05) is 12.1 Å². The van der Waals surface area contributed by atoms with Gasteiger partial charge in [0, 0.05) is 31.6 Å². The van der Waals surface area contributed by atoms with Crippen LogP contribution in [0.2, 0.25) is 0 Å². The maximum Gasteiger partial charge on any atom is 0.223 e. The van der Waals surface area contributed by atoms with Crippen LogP contribution in [0.15, 0.2) is 24.3 Å². The van der Waals surface area contributed by atoms with E-state index >= 15 is 0 Å². The summed E-state index contributed by atoms with van der Waals surface area (Å²) < 4.78 is 25.2. The van der Waals surface area contributed by atoms with Crippen LogP contribution in [0.3, 0.4) is 0 Å². The van der Waals surface area contributed by atoms with E-state index in [1.165, 1.54) is 9.87 Å². The van der Waals surface area contributed by atoms with Crippen LogP contribution in [0.1, 0.15) is 56.7 Å². The van der Waals surface area contributed by atoms with Crippen LogP contribution in [0.25, 0.3) is 0 Å². The molecule has 1 aliphatic heterocycles. The summed E-state index contributed by atoms with van der Waals surface area (Å²) in [5.74, 6) is 0.401. The van der Waals surface area contributed by atoms with E-state index in [-0.39, 0.29) is 36.0 Å². The number of nitrogens with two attached hydrogens (primary N) is 1. The monoisotopic (exact) mass is 417 g/mol. The average Bonchev–Trinajstić information content (AvgIpc) is 2.66. The molecule has 8 heteroatoms. The molecule has 0 radical (unpaired) electrons. The molecule has 1 atom stereocenters. The van der Waals surface area contributed by atoms with Crippen LogP contribution in [-0.2, 0) is 14.8 Å². The van der Waals surface area contributed by atoms with Gasteiger partial charge in [-0.25, -0.2) is 12.7 Å². The van der Waals surface area contributed by atoms with Gasteiger partial charge in [0.1, 0.15) is 0 Å². The zero-order valence-electron chi connectivity index (χ0n) is 16.3. The third-order valence-electron chi connectivity index (χ3n) is 5.11. The van der Waals surface area contributed by atoms with E-state index in [1.54, 1.807) is 6.92 Å². The van der Waals surface area contributed by atoms with Crippen LogP contribution >= 0.6 is 12.4 Å². The number of halogens is 1. The number of carbonyl (C=O) groups excluding carboxylic acids is 1. The number of nitrogens with one attached hydrogen (secondary N) is 1. The molecule has 6 nitrogen and oxygen atoms in total. The zero-order valence-corrected chi connectivity index (χ0v) is 18.0. The second-order valence-corrected chi connectivity index (χ2v) is 9.50. The predicted octanol–water partition coefficient (Wildman–Crippen LogP) is 2.41. The standard InChI is InChI=1S/C19H31N3O3S.ClH/c1-4-26(24,25)22-11-9-17(10-12-22)19(23)21-13-18(20)16-7-5-15(6-8-16)14(2)3;/h5-8,14,17-18H,4,9-13,20H2,1-3H3,(H,21,23);1H. The molecular formula is C19H32ClN3O3S. The fourth-order valence-electron chi connectivity index (χ4n) is 3.18. The first-order valence-electron chi connectivity index (χ1n) is 9.35. The topological polar surface area (TPSA) is 92.5 Å². The highest BCUT2D eigenvalue weighted by Gasteiger charge is 2.30. The van der Waals surface area contributed by atoms with Gasteiger partial charge in [-0.15, -0.1) is 12.4 Å². The van der Waals surface area contributed by atoms with Crippen molar-refractivity contribution >= 4 is 28.3 Å². The Kier molecular flexibility index (Phi) is 9.21. The number of piperidine rings is 1. The Balaban J connectivity index is 0.00000364. The lowest BCUT2D eigenvalue weighted by atomic mass is 9.96. The number of benzene rings is 1. The molecular weight excluding hydrogens is 386 g/mol. The molecule has 1 aromatic rings. The molecule has 1 saturated heterocycles. The molecule has 3 N–H and O–H groups in total. The maximum atomic E-state index is 12.4. The van der Waals surface area contributed by atoms with Crippen molar-refractivity contribution in [2.45, 2.75) is 45.6 Å². The molecule has 1 unspecified atom stereocenters. The summed E-state index contributed by atoms with van der Waals surface area (Å²) in [6, 6.07) is 7.93. The summed E-state index contributed by atoms with van der Waals surface area (Å²) in [4.78, 5) is 12.4. The number of rotatable bonds is 7. The van der Waals surface area contributed by atoms with Crippen molar-refractivity contribution in [3.05, 3.63) is 35.4 Å². The average molecular weight is 418 g/mol. The number of hydrogen-bond acceptors (Lipinski definition) is 4. The molecule has 1 heterocycles. The minimum Gasteiger partial charge on any atom is -0.354 e. The minimum absolute atomic E-state index is 0. The van der Waals surface area contributed by atoms with E-state index in [2.05, 4.69) is 31.3 Å². The van der Waals surface area contributed by atoms with Crippen molar-refractivity contribution < 1.29 is 13.2 Å². The highest BCUT2D eigenvalue weighted by molar-refractivity contribution is 7.89. The number of nitrogens with zero attached hydrogens (tertiary/aromatic N) is 1. The van der Waals surface area contributed by atoms with Crippen molar-refractivity contribution in [1.82, 2.24) is 9.62 Å². The van der Waals surface area contributed by atoms with Gasteiger partial charge in [0.25, 0.3) is 0 Å². The molecule has 2 rings (SSSR count). The Bertz CT molecular complexity index is 699. The van der Waals surface area contributed by atoms with E-state index in [9.17, 15) is 13.2 Å². The lowest BCUT2D eigenvalue weighted by molar-refractivity contribution is -0.126. The van der Waals surface area contributed by atoms with Gasteiger partial charge in [-0.3, -0.25) is 4.79 Å². The van der Waals surface area contributed by atoms with E-state index in [0.29, 0.717) is 38.4 Å². The second kappa shape index (κ2) is 10.4. The molecule has 0 saturated carbocycles. The van der Waals surface area contributed by atoms with Crippen molar-refractivity contribution in [3.63, 3.8) is 0 Å². The first-order chi connectivity index (χ1) is 12.2. The van der Waals surface area contributed by atoms with Crippen LogP contribution in [-0.4, -0.2) is 44.0 Å². The molecule has 1 aromatic carbocycles. The number of sulfonamides is 1. The Morgan fingerprint density at radius 2 is 1.70 bits per heavy atom. The van der Waals surface area contributed by atoms with Gasteiger partial charge < -0.3 is 11.1 Å². The van der Waals surface area contributed by atoms with Crippen molar-refractivity contribution in [3.8, 4) is 0 Å². The second-order valence-electron chi connectivity index (χ2n) is 7.25. The molecule has 27 heavy (non-hydrogen) atoms. The van der Waals surface area contributed by atoms with Gasteiger partial charge in [0.05, 0.1) is 5.75 Å². The summed E-state index contributed by atoms with van der Waals surface area (Å²) in [5.41, 5.74) is 8.46. The van der Waals surface area contributed by atoms with Gasteiger partial charge in [0.15, 0.2) is 0 Å². The summed E-state index contributed by atoms with van der Waals surface area (Å²) in [5, 5.41) is 2.92. The zero-order chi connectivity index (χ0) is 19.3. The number of amides is 1. The molecule has 0 aromatic heterocycles. The smallest absolute Gasteiger partial charge is 0.223 e. The first kappa shape index (κ1) is 23.9. The molecule has 0 bridgehead atoms. The summed E-state index contributed by atoms with van der Waals surface area (Å²) >= 11 is 0. The third-order valence-corrected chi connectivity index (χ3v) is 6.99. The summed E-state index contributed by atoms with van der Waals surface area (Å²) in [6.45, 7) is 7.14. The minimum atomic E-state index is -3.16. The van der Waals surface area contributed by atoms with Crippen molar-refractivity contribution in [2.24, 2.45) is 11.7 Å². The first-order valence-corrected chi connectivity index (χ1v) is 11.0. The van der Waals surface area contributed by atoms with E-state index in [0.717, 1.165) is 5.56 Å². The SMILES string of the molecule is CCS(=O)(=O)N1CCC(C(=O)NCC(N)c2ccc(C(C)C)cc2)CC1.Cl. The lowest BCUT2D eigenvalue weighted by Gasteiger charge is -2.30. The van der Waals surface area contributed by atoms with Crippen LogP contribution in [0, 0.1) is 5.92 Å². The van der Waals surface area contributed by atoms with Gasteiger partial charge in [-0.05, 0) is 36.8 Å². The highest BCUT2D eigenvalue weighted by Crippen LogP contribution is 2.21. The fraction of sp³-hybridized carbons (Fsp3) is 0.632. The number of hydrogen-bond donors (Lipinski definition) is 2. The Morgan fingerprint density at radius 1 is 1.19 bits per heavy atom. The number of carbonyl (C=O) groups is 1. The molecule has 1 fully saturated rings. The van der Waals surface area contributed by atoms with Crippen molar-refractivity contribution in [2.75, 3.05) is 25.4 Å². The Morgan fingerprint density at radius 3 is 2.19 bits per heavy atom. The van der Waals surface area contributed by atoms with Gasteiger partial charge in [0.2, 0.25) is 15.9 Å². The van der Waals surface area contributed by atoms with Crippen LogP contribution in [0.4, 0.5) is 0 Å². The molecule has 1 aliphatic rings. The normalized spacial score (nSPS) is 17.4. The molecule has 0 spiro atoms. The Hall–Kier alpha value is -1.15. The lowest BCUT2D eigenvalue weighted by Crippen LogP contribution is -2.44. The summed E-state index contributed by atoms with van der Waals surface area (Å²) in [6.07, 6.45) is 1.12. The quantitative estimate of drug-likeness (QED) is 0.712. The largest absolute Gasteiger partial charge is 0.354 e. The predicted molar refractivity (Wildman–Crippen MR) is 111 cm³/mol. The molecule has 1 amide bonds. The third kappa shape index (κ3) is 6.45. The van der Waals surface area contributed by atoms with Crippen LogP contribution < -0.4 is 11.1 Å².